The van der Waals surface area contributed by atoms with Crippen LogP contribution in [0.25, 0.3) is 0 Å². The van der Waals surface area contributed by atoms with Crippen molar-refractivity contribution in [3.05, 3.63) is 0 Å². The third-order valence-corrected chi connectivity index (χ3v) is 3.18. The second kappa shape index (κ2) is 7.16. The number of nitrogens with one attached hydrogen (secondary N) is 1. The molecule has 0 radical (unpaired) electrons. The second-order valence-corrected chi connectivity index (χ2v) is 5.55. The van der Waals surface area contributed by atoms with E-state index in [0.717, 1.165) is 0 Å². The molecule has 3 amide bonds. The first-order valence-electron chi connectivity index (χ1n) is 6.84. The van der Waals surface area contributed by atoms with Gasteiger partial charge in [-0.25, -0.2) is 0 Å². The van der Waals surface area contributed by atoms with Crippen LogP contribution in [0.15, 0.2) is 0 Å². The molecule has 0 saturated carbocycles. The molecule has 1 saturated heterocycles. The molecule has 0 aromatic heterocycles. The molecule has 2 atom stereocenters. The fourth-order valence-corrected chi connectivity index (χ4v) is 2.17. The summed E-state index contributed by atoms with van der Waals surface area (Å²) in [5.74, 6) is -2.75. The number of aliphatic carboxylic acids is 1. The molecule has 0 unspecified atom stereocenters. The van der Waals surface area contributed by atoms with Crippen molar-refractivity contribution in [3.8, 4) is 0 Å². The molecule has 0 spiro atoms. The minimum atomic E-state index is -1.28. The first kappa shape index (κ1) is 17.1. The molecule has 1 heterocycles. The molecular weight excluding hydrogens is 278 g/mol. The van der Waals surface area contributed by atoms with Crippen LogP contribution in [-0.4, -0.2) is 52.3 Å². The summed E-state index contributed by atoms with van der Waals surface area (Å²) in [6.45, 7) is 3.15. The molecule has 0 aromatic carbocycles. The molecule has 1 aliphatic rings. The fraction of sp³-hybridized carbons (Fsp3) is 0.692. The Bertz CT molecular complexity index is 449. The van der Waals surface area contributed by atoms with E-state index >= 15 is 0 Å². The van der Waals surface area contributed by atoms with Gasteiger partial charge in [0.15, 0.2) is 0 Å². The topological polar surface area (TPSA) is 130 Å². The van der Waals surface area contributed by atoms with E-state index in [1.165, 1.54) is 0 Å². The van der Waals surface area contributed by atoms with Crippen molar-refractivity contribution in [1.82, 2.24) is 10.2 Å². The zero-order valence-corrected chi connectivity index (χ0v) is 12.2. The van der Waals surface area contributed by atoms with Crippen molar-refractivity contribution < 1.29 is 24.3 Å². The number of likely N-dealkylation sites (tertiary alicyclic amines) is 1. The molecule has 8 nitrogen and oxygen atoms in total. The predicted octanol–water partition coefficient (Wildman–Crippen LogP) is -0.922. The summed E-state index contributed by atoms with van der Waals surface area (Å²) in [6.07, 6.45) is 0.655. The summed E-state index contributed by atoms with van der Waals surface area (Å²) < 4.78 is 0. The lowest BCUT2D eigenvalue weighted by Gasteiger charge is -2.30. The van der Waals surface area contributed by atoms with Crippen molar-refractivity contribution in [2.75, 3.05) is 6.54 Å². The summed E-state index contributed by atoms with van der Waals surface area (Å²) in [5, 5.41) is 11.2. The summed E-state index contributed by atoms with van der Waals surface area (Å²) in [4.78, 5) is 46.8. The van der Waals surface area contributed by atoms with Gasteiger partial charge in [0.25, 0.3) is 5.91 Å². The second-order valence-electron chi connectivity index (χ2n) is 5.55. The smallest absolute Gasteiger partial charge is 0.323 e. The summed E-state index contributed by atoms with van der Waals surface area (Å²) in [6, 6.07) is -1.63. The number of carbonyl (C=O) groups is 4. The highest BCUT2D eigenvalue weighted by Gasteiger charge is 2.36. The zero-order chi connectivity index (χ0) is 16.2. The number of hydrogen-bond donors (Lipinski definition) is 3. The third kappa shape index (κ3) is 4.82. The normalized spacial score (nSPS) is 20.6. The fourth-order valence-electron chi connectivity index (χ4n) is 2.17. The Morgan fingerprint density at radius 1 is 1.43 bits per heavy atom. The molecule has 0 aliphatic carbocycles. The van der Waals surface area contributed by atoms with Crippen molar-refractivity contribution >= 4 is 23.7 Å². The largest absolute Gasteiger partial charge is 0.480 e. The summed E-state index contributed by atoms with van der Waals surface area (Å²) >= 11 is 0. The number of nitrogens with two attached hydrogens (primary N) is 1. The zero-order valence-electron chi connectivity index (χ0n) is 12.2. The average Bonchev–Trinajstić information content (AvgIpc) is 2.36. The van der Waals surface area contributed by atoms with E-state index in [2.05, 4.69) is 5.32 Å². The van der Waals surface area contributed by atoms with E-state index < -0.39 is 42.3 Å². The number of carboxylic acids is 1. The van der Waals surface area contributed by atoms with Crippen LogP contribution >= 0.6 is 0 Å². The van der Waals surface area contributed by atoms with Crippen LogP contribution in [0.5, 0.6) is 0 Å². The van der Waals surface area contributed by atoms with Crippen LogP contribution in [0.3, 0.4) is 0 Å². The van der Waals surface area contributed by atoms with E-state index in [4.69, 9.17) is 10.8 Å². The molecule has 118 valence electrons. The third-order valence-electron chi connectivity index (χ3n) is 3.18. The van der Waals surface area contributed by atoms with Gasteiger partial charge >= 0.3 is 5.97 Å². The lowest BCUT2D eigenvalue weighted by atomic mass is 10.0. The molecule has 0 bridgehead atoms. The van der Waals surface area contributed by atoms with Crippen molar-refractivity contribution in [2.24, 2.45) is 11.7 Å². The van der Waals surface area contributed by atoms with E-state index in [1.54, 1.807) is 0 Å². The van der Waals surface area contributed by atoms with Crippen molar-refractivity contribution in [3.63, 3.8) is 0 Å². The maximum atomic E-state index is 12.0. The number of imide groups is 1. The molecule has 21 heavy (non-hydrogen) atoms. The highest BCUT2D eigenvalue weighted by Crippen LogP contribution is 2.13. The van der Waals surface area contributed by atoms with Gasteiger partial charge in [-0.1, -0.05) is 13.8 Å². The maximum absolute atomic E-state index is 12.0. The molecule has 4 N–H and O–H groups in total. The molecular formula is C13H21N3O5. The lowest BCUT2D eigenvalue weighted by molar-refractivity contribution is -0.156. The van der Waals surface area contributed by atoms with Gasteiger partial charge in [-0.15, -0.1) is 0 Å². The highest BCUT2D eigenvalue weighted by molar-refractivity contribution is 6.03. The number of rotatable bonds is 6. The Morgan fingerprint density at radius 3 is 2.57 bits per heavy atom. The van der Waals surface area contributed by atoms with Crippen LogP contribution in [0, 0.1) is 5.92 Å². The van der Waals surface area contributed by atoms with E-state index in [-0.39, 0.29) is 18.8 Å². The first-order chi connectivity index (χ1) is 9.72. The lowest BCUT2D eigenvalue weighted by Crippen LogP contribution is -2.57. The van der Waals surface area contributed by atoms with Gasteiger partial charge in [-0.2, -0.15) is 0 Å². The summed E-state index contributed by atoms with van der Waals surface area (Å²) in [7, 11) is 0. The minimum absolute atomic E-state index is 0.0172. The van der Waals surface area contributed by atoms with Gasteiger partial charge in [-0.3, -0.25) is 24.1 Å². The number of nitrogens with zero attached hydrogens (tertiary/aromatic N) is 1. The number of amides is 3. The van der Waals surface area contributed by atoms with Crippen LogP contribution in [0.2, 0.25) is 0 Å². The average molecular weight is 299 g/mol. The van der Waals surface area contributed by atoms with Gasteiger partial charge in [0.2, 0.25) is 11.8 Å². The molecule has 0 aromatic rings. The predicted molar refractivity (Wildman–Crippen MR) is 73.0 cm³/mol. The van der Waals surface area contributed by atoms with E-state index in [1.807, 2.05) is 13.8 Å². The minimum Gasteiger partial charge on any atom is -0.480 e. The number of carboxylic acid groups (broad SMARTS) is 1. The standard InChI is InChI=1S/C13H21N3O5/c1-7(2)5-8(14)12(20)15-9-3-4-10(17)16(13(9)21)6-11(18)19/h7-9H,3-6,14H2,1-2H3,(H,15,20)(H,18,19)/t8-,9-/m0/s1. The van der Waals surface area contributed by atoms with Crippen LogP contribution in [0.1, 0.15) is 33.1 Å². The van der Waals surface area contributed by atoms with Crippen molar-refractivity contribution in [2.45, 2.75) is 45.2 Å². The Labute approximate surface area is 122 Å². The molecule has 1 rings (SSSR count). The van der Waals surface area contributed by atoms with Gasteiger partial charge < -0.3 is 16.2 Å². The first-order valence-corrected chi connectivity index (χ1v) is 6.84. The number of carbonyl (C=O) groups excluding carboxylic acids is 3. The van der Waals surface area contributed by atoms with Crippen LogP contribution in [-0.2, 0) is 19.2 Å². The van der Waals surface area contributed by atoms with Crippen LogP contribution in [0.4, 0.5) is 0 Å². The number of piperidine rings is 1. The Kier molecular flexibility index (Phi) is 5.83. The van der Waals surface area contributed by atoms with E-state index in [9.17, 15) is 19.2 Å². The van der Waals surface area contributed by atoms with Crippen molar-refractivity contribution in [1.29, 1.82) is 0 Å². The maximum Gasteiger partial charge on any atom is 0.323 e. The monoisotopic (exact) mass is 299 g/mol. The van der Waals surface area contributed by atoms with E-state index in [0.29, 0.717) is 11.3 Å². The number of hydrogen-bond acceptors (Lipinski definition) is 5. The van der Waals surface area contributed by atoms with Gasteiger partial charge in [-0.05, 0) is 18.8 Å². The van der Waals surface area contributed by atoms with Gasteiger partial charge in [0, 0.05) is 6.42 Å². The summed E-state index contributed by atoms with van der Waals surface area (Å²) in [5.41, 5.74) is 5.73. The Morgan fingerprint density at radius 2 is 2.05 bits per heavy atom. The quantitative estimate of drug-likeness (QED) is 0.544. The highest BCUT2D eigenvalue weighted by atomic mass is 16.4. The Balaban J connectivity index is 2.67. The van der Waals surface area contributed by atoms with Crippen LogP contribution < -0.4 is 11.1 Å². The van der Waals surface area contributed by atoms with Gasteiger partial charge in [0.05, 0.1) is 6.04 Å². The molecule has 1 fully saturated rings. The Hall–Kier alpha value is -1.96. The molecule has 8 heteroatoms. The van der Waals surface area contributed by atoms with Gasteiger partial charge in [0.1, 0.15) is 12.6 Å². The molecule has 1 aliphatic heterocycles. The SMILES string of the molecule is CC(C)C[C@H](N)C(=O)N[C@H]1CCC(=O)N(CC(=O)O)C1=O.